The molecular weight excluding hydrogens is 512 g/mol. The van der Waals surface area contributed by atoms with Crippen LogP contribution in [-0.2, 0) is 11.3 Å². The largest absolute Gasteiger partial charge is 0.496 e. The lowest BCUT2D eigenvalue weighted by Gasteiger charge is -2.18. The molecule has 0 fully saturated rings. The van der Waals surface area contributed by atoms with E-state index >= 15 is 0 Å². The molecular formula is C29H36N6O5. The fourth-order valence-electron chi connectivity index (χ4n) is 4.69. The summed E-state index contributed by atoms with van der Waals surface area (Å²) < 4.78 is 12.0. The predicted molar refractivity (Wildman–Crippen MR) is 151 cm³/mol. The highest BCUT2D eigenvalue weighted by atomic mass is 16.5. The van der Waals surface area contributed by atoms with Gasteiger partial charge in [-0.05, 0) is 57.4 Å². The molecule has 0 aliphatic rings. The number of aryl methyl sites for hydroxylation is 1. The summed E-state index contributed by atoms with van der Waals surface area (Å²) in [5, 5.41) is 8.17. The lowest BCUT2D eigenvalue weighted by Crippen LogP contribution is -2.36. The van der Waals surface area contributed by atoms with E-state index in [0.717, 1.165) is 29.5 Å². The van der Waals surface area contributed by atoms with E-state index in [1.807, 2.05) is 38.1 Å². The number of Topliss-reactive ketones (excluding diaryl/α,β-unsaturated/α-hetero) is 1. The van der Waals surface area contributed by atoms with E-state index in [1.54, 1.807) is 36.2 Å². The Labute approximate surface area is 232 Å². The minimum Gasteiger partial charge on any atom is -0.496 e. The van der Waals surface area contributed by atoms with Crippen LogP contribution in [0.4, 0.5) is 0 Å². The molecule has 11 nitrogen and oxygen atoms in total. The second-order valence-electron chi connectivity index (χ2n) is 9.99. The highest BCUT2D eigenvalue weighted by molar-refractivity contribution is 5.93. The van der Waals surface area contributed by atoms with Gasteiger partial charge in [-0.3, -0.25) is 14.4 Å². The van der Waals surface area contributed by atoms with E-state index in [4.69, 9.17) is 9.26 Å². The molecule has 0 saturated carbocycles. The Morgan fingerprint density at radius 1 is 1.20 bits per heavy atom. The SMILES string of the molecule is CCn1ccc2cc(-c3cnc(C(CCCCCC(=O)c4ccon4)NC(=O)CN(C)C)[nH]3)c(OC)cc2c1=O. The van der Waals surface area contributed by atoms with Crippen molar-refractivity contribution < 1.29 is 18.8 Å². The Hall–Kier alpha value is -4.25. The van der Waals surface area contributed by atoms with Gasteiger partial charge in [0.2, 0.25) is 5.91 Å². The Morgan fingerprint density at radius 2 is 2.02 bits per heavy atom. The zero-order chi connectivity index (χ0) is 28.6. The maximum atomic E-state index is 12.8. The third-order valence-corrected chi connectivity index (χ3v) is 6.77. The van der Waals surface area contributed by atoms with Crippen molar-refractivity contribution in [2.45, 2.75) is 51.6 Å². The first-order chi connectivity index (χ1) is 19.3. The number of hydrogen-bond donors (Lipinski definition) is 2. The molecule has 1 unspecified atom stereocenters. The Balaban J connectivity index is 1.51. The molecule has 0 radical (unpaired) electrons. The van der Waals surface area contributed by atoms with Gasteiger partial charge in [0.1, 0.15) is 23.5 Å². The number of aromatic nitrogens is 4. The molecule has 0 aliphatic carbocycles. The number of amides is 1. The van der Waals surface area contributed by atoms with E-state index in [2.05, 4.69) is 20.4 Å². The summed E-state index contributed by atoms with van der Waals surface area (Å²) >= 11 is 0. The van der Waals surface area contributed by atoms with E-state index in [0.29, 0.717) is 48.5 Å². The summed E-state index contributed by atoms with van der Waals surface area (Å²) in [6.07, 6.45) is 8.24. The zero-order valence-electron chi connectivity index (χ0n) is 23.4. The topological polar surface area (TPSA) is 135 Å². The number of unbranched alkanes of at least 4 members (excludes halogenated alkanes) is 2. The number of imidazole rings is 1. The summed E-state index contributed by atoms with van der Waals surface area (Å²) in [4.78, 5) is 47.4. The number of methoxy groups -OCH3 is 1. The minimum absolute atomic E-state index is 0.0433. The fourth-order valence-corrected chi connectivity index (χ4v) is 4.69. The molecule has 3 heterocycles. The van der Waals surface area contributed by atoms with Gasteiger partial charge < -0.3 is 29.0 Å². The lowest BCUT2D eigenvalue weighted by molar-refractivity contribution is -0.122. The number of carbonyl (C=O) groups excluding carboxylic acids is 2. The van der Waals surface area contributed by atoms with E-state index in [9.17, 15) is 14.4 Å². The van der Waals surface area contributed by atoms with Crippen molar-refractivity contribution in [2.75, 3.05) is 27.7 Å². The van der Waals surface area contributed by atoms with Crippen molar-refractivity contribution in [3.63, 3.8) is 0 Å². The molecule has 1 atom stereocenters. The summed E-state index contributed by atoms with van der Waals surface area (Å²) in [5.74, 6) is 1.03. The summed E-state index contributed by atoms with van der Waals surface area (Å²) in [7, 11) is 5.25. The number of fused-ring (bicyclic) bond motifs is 1. The van der Waals surface area contributed by atoms with Crippen molar-refractivity contribution >= 4 is 22.5 Å². The second-order valence-corrected chi connectivity index (χ2v) is 9.99. The molecule has 1 aromatic carbocycles. The summed E-state index contributed by atoms with van der Waals surface area (Å²) in [6.45, 7) is 2.77. The van der Waals surface area contributed by atoms with Crippen molar-refractivity contribution in [1.29, 1.82) is 0 Å². The van der Waals surface area contributed by atoms with Crippen LogP contribution in [0.3, 0.4) is 0 Å². The van der Waals surface area contributed by atoms with Gasteiger partial charge in [-0.25, -0.2) is 4.98 Å². The smallest absolute Gasteiger partial charge is 0.258 e. The number of pyridine rings is 1. The van der Waals surface area contributed by atoms with Gasteiger partial charge in [-0.1, -0.05) is 18.0 Å². The summed E-state index contributed by atoms with van der Waals surface area (Å²) in [6, 6.07) is 6.82. The number of benzene rings is 1. The van der Waals surface area contributed by atoms with Crippen LogP contribution >= 0.6 is 0 Å². The first-order valence-corrected chi connectivity index (χ1v) is 13.4. The number of nitrogens with zero attached hydrogens (tertiary/aromatic N) is 4. The van der Waals surface area contributed by atoms with Crippen LogP contribution in [0, 0.1) is 0 Å². The van der Waals surface area contributed by atoms with Gasteiger partial charge in [0.05, 0.1) is 37.0 Å². The molecule has 0 bridgehead atoms. The van der Waals surface area contributed by atoms with Gasteiger partial charge in [0, 0.05) is 30.8 Å². The number of rotatable bonds is 14. The number of nitrogens with one attached hydrogen (secondary N) is 2. The number of carbonyl (C=O) groups is 2. The summed E-state index contributed by atoms with van der Waals surface area (Å²) in [5.41, 5.74) is 1.77. The van der Waals surface area contributed by atoms with E-state index < -0.39 is 0 Å². The van der Waals surface area contributed by atoms with Crippen molar-refractivity contribution in [1.82, 2.24) is 29.9 Å². The molecule has 0 spiro atoms. The molecule has 40 heavy (non-hydrogen) atoms. The minimum atomic E-state index is -0.337. The standard InChI is InChI=1S/C29H36N6O5/c1-5-35-13-11-19-15-21(26(39-4)16-20(19)29(35)38)24-17-30-28(32-24)23(31-27(37)18-34(2)3)9-7-6-8-10-25(36)22-12-14-40-33-22/h11-17,23H,5-10,18H2,1-4H3,(H,30,32)(H,31,37). The molecule has 4 rings (SSSR count). The predicted octanol–water partition coefficient (Wildman–Crippen LogP) is 3.96. The molecule has 212 valence electrons. The van der Waals surface area contributed by atoms with Crippen LogP contribution in [-0.4, -0.2) is 64.0 Å². The number of likely N-dealkylation sites (N-methyl/N-ethyl adjacent to an activating group) is 1. The number of ketones is 1. The molecule has 0 aliphatic heterocycles. The fraction of sp³-hybridized carbons (Fsp3) is 0.414. The number of aromatic amines is 1. The van der Waals surface area contributed by atoms with Crippen LogP contribution in [0.25, 0.3) is 22.0 Å². The monoisotopic (exact) mass is 548 g/mol. The Morgan fingerprint density at radius 3 is 2.73 bits per heavy atom. The third-order valence-electron chi connectivity index (χ3n) is 6.77. The van der Waals surface area contributed by atoms with Crippen molar-refractivity contribution in [3.8, 4) is 17.0 Å². The zero-order valence-corrected chi connectivity index (χ0v) is 23.4. The van der Waals surface area contributed by atoms with Gasteiger partial charge >= 0.3 is 0 Å². The number of hydrogen-bond acceptors (Lipinski definition) is 8. The quantitative estimate of drug-likeness (QED) is 0.179. The van der Waals surface area contributed by atoms with Crippen LogP contribution in [0.1, 0.15) is 61.4 Å². The molecule has 4 aromatic rings. The van der Waals surface area contributed by atoms with Gasteiger partial charge in [-0.15, -0.1) is 0 Å². The van der Waals surface area contributed by atoms with Crippen LogP contribution < -0.4 is 15.6 Å². The van der Waals surface area contributed by atoms with Crippen LogP contribution in [0.15, 0.2) is 52.2 Å². The molecule has 0 saturated heterocycles. The van der Waals surface area contributed by atoms with Crippen LogP contribution in [0.2, 0.25) is 0 Å². The average molecular weight is 549 g/mol. The van der Waals surface area contributed by atoms with Crippen molar-refractivity contribution in [2.24, 2.45) is 0 Å². The Bertz CT molecular complexity index is 1510. The number of ether oxygens (including phenoxy) is 1. The lowest BCUT2D eigenvalue weighted by atomic mass is 10.0. The Kier molecular flexibility index (Phi) is 9.49. The second kappa shape index (κ2) is 13.2. The first-order valence-electron chi connectivity index (χ1n) is 13.4. The molecule has 3 aromatic heterocycles. The van der Waals surface area contributed by atoms with Crippen LogP contribution in [0.5, 0.6) is 5.75 Å². The van der Waals surface area contributed by atoms with Gasteiger partial charge in [0.15, 0.2) is 5.78 Å². The molecule has 1 amide bonds. The molecule has 2 N–H and O–H groups in total. The normalized spacial score (nSPS) is 12.1. The van der Waals surface area contributed by atoms with Crippen molar-refractivity contribution in [3.05, 3.63) is 64.8 Å². The van der Waals surface area contributed by atoms with Gasteiger partial charge in [0.25, 0.3) is 5.56 Å². The first kappa shape index (κ1) is 28.8. The van der Waals surface area contributed by atoms with Gasteiger partial charge in [-0.2, -0.15) is 0 Å². The third kappa shape index (κ3) is 6.84. The maximum Gasteiger partial charge on any atom is 0.258 e. The molecule has 11 heteroatoms. The average Bonchev–Trinajstić information content (AvgIpc) is 3.64. The van der Waals surface area contributed by atoms with E-state index in [1.165, 1.54) is 6.26 Å². The van der Waals surface area contributed by atoms with E-state index in [-0.39, 0.29) is 29.8 Å². The highest BCUT2D eigenvalue weighted by Crippen LogP contribution is 2.33. The highest BCUT2D eigenvalue weighted by Gasteiger charge is 2.20. The maximum absolute atomic E-state index is 12.8. The number of H-pyrrole nitrogens is 1.